The number of primary amides is 1. The van der Waals surface area contributed by atoms with Gasteiger partial charge in [-0.1, -0.05) is 48.5 Å². The van der Waals surface area contributed by atoms with Crippen LogP contribution in [0.2, 0.25) is 0 Å². The first-order valence-corrected chi connectivity index (χ1v) is 9.81. The van der Waals surface area contributed by atoms with E-state index < -0.39 is 0 Å². The first-order chi connectivity index (χ1) is 14.1. The molecule has 0 radical (unpaired) electrons. The number of carbonyl (C=O) groups is 1. The van der Waals surface area contributed by atoms with Crippen LogP contribution in [-0.4, -0.2) is 17.1 Å². The van der Waals surface area contributed by atoms with E-state index in [9.17, 15) is 4.79 Å². The van der Waals surface area contributed by atoms with E-state index >= 15 is 0 Å². The summed E-state index contributed by atoms with van der Waals surface area (Å²) in [5.74, 6) is 0.525. The molecule has 0 saturated heterocycles. The standard InChI is InChI=1S/C25H24N2O2/c1-2-29-22-10-6-9-19(13-22)20-11-12-24-23(14-20)21(15-25(26)28)17-27(24)16-18-7-4-3-5-8-18/h3-14,17H,2,15-16H2,1H3,(H2,26,28). The highest BCUT2D eigenvalue weighted by molar-refractivity contribution is 5.92. The SMILES string of the molecule is CCOc1cccc(-c2ccc3c(c2)c(CC(N)=O)cn3Cc2ccccc2)c1. The van der Waals surface area contributed by atoms with Gasteiger partial charge in [0.2, 0.25) is 5.91 Å². The van der Waals surface area contributed by atoms with Crippen LogP contribution in [0.15, 0.2) is 79.0 Å². The number of carbonyl (C=O) groups excluding carboxylic acids is 1. The summed E-state index contributed by atoms with van der Waals surface area (Å²) < 4.78 is 7.82. The Hall–Kier alpha value is -3.53. The fourth-order valence-corrected chi connectivity index (χ4v) is 3.72. The predicted molar refractivity (Wildman–Crippen MR) is 117 cm³/mol. The van der Waals surface area contributed by atoms with Crippen LogP contribution in [0.25, 0.3) is 22.0 Å². The second-order valence-corrected chi connectivity index (χ2v) is 7.10. The third-order valence-electron chi connectivity index (χ3n) is 5.00. The van der Waals surface area contributed by atoms with E-state index in [1.165, 1.54) is 5.56 Å². The van der Waals surface area contributed by atoms with Crippen molar-refractivity contribution in [2.24, 2.45) is 5.73 Å². The van der Waals surface area contributed by atoms with Crippen molar-refractivity contribution in [2.45, 2.75) is 19.9 Å². The van der Waals surface area contributed by atoms with Gasteiger partial charge in [-0.15, -0.1) is 0 Å². The number of fused-ring (bicyclic) bond motifs is 1. The molecule has 2 N–H and O–H groups in total. The molecule has 0 unspecified atom stereocenters. The topological polar surface area (TPSA) is 57.2 Å². The number of hydrogen-bond donors (Lipinski definition) is 1. The summed E-state index contributed by atoms with van der Waals surface area (Å²) in [6.07, 6.45) is 2.27. The van der Waals surface area contributed by atoms with Gasteiger partial charge in [-0.05, 0) is 53.4 Å². The van der Waals surface area contributed by atoms with Gasteiger partial charge in [0.1, 0.15) is 5.75 Å². The number of hydrogen-bond acceptors (Lipinski definition) is 2. The van der Waals surface area contributed by atoms with Crippen LogP contribution >= 0.6 is 0 Å². The van der Waals surface area contributed by atoms with Crippen LogP contribution < -0.4 is 10.5 Å². The maximum absolute atomic E-state index is 11.6. The molecule has 0 bridgehead atoms. The first kappa shape index (κ1) is 18.8. The summed E-state index contributed by atoms with van der Waals surface area (Å²) in [5, 5.41) is 1.05. The zero-order chi connectivity index (χ0) is 20.2. The average molecular weight is 384 g/mol. The molecule has 0 fully saturated rings. The highest BCUT2D eigenvalue weighted by Gasteiger charge is 2.13. The minimum atomic E-state index is -0.326. The predicted octanol–water partition coefficient (Wildman–Crippen LogP) is 4.78. The highest BCUT2D eigenvalue weighted by Crippen LogP contribution is 2.30. The lowest BCUT2D eigenvalue weighted by Gasteiger charge is -2.08. The first-order valence-electron chi connectivity index (χ1n) is 9.81. The fourth-order valence-electron chi connectivity index (χ4n) is 3.72. The Bertz CT molecular complexity index is 1150. The zero-order valence-electron chi connectivity index (χ0n) is 16.5. The van der Waals surface area contributed by atoms with Crippen molar-refractivity contribution in [2.75, 3.05) is 6.61 Å². The van der Waals surface area contributed by atoms with E-state index in [1.807, 2.05) is 49.5 Å². The van der Waals surface area contributed by atoms with Crippen molar-refractivity contribution in [3.05, 3.63) is 90.1 Å². The normalized spacial score (nSPS) is 10.9. The van der Waals surface area contributed by atoms with Crippen molar-refractivity contribution in [1.29, 1.82) is 0 Å². The molecular weight excluding hydrogens is 360 g/mol. The van der Waals surface area contributed by atoms with Crippen molar-refractivity contribution >= 4 is 16.8 Å². The fraction of sp³-hybridized carbons (Fsp3) is 0.160. The van der Waals surface area contributed by atoms with Crippen molar-refractivity contribution in [1.82, 2.24) is 4.57 Å². The summed E-state index contributed by atoms with van der Waals surface area (Å²) in [5.41, 5.74) is 10.9. The Balaban J connectivity index is 1.78. The monoisotopic (exact) mass is 384 g/mol. The third-order valence-corrected chi connectivity index (χ3v) is 5.00. The van der Waals surface area contributed by atoms with Crippen molar-refractivity contribution < 1.29 is 9.53 Å². The molecule has 1 heterocycles. The van der Waals surface area contributed by atoms with Gasteiger partial charge in [0.25, 0.3) is 0 Å². The molecule has 0 aliphatic carbocycles. The molecule has 146 valence electrons. The molecule has 1 aromatic heterocycles. The molecule has 4 heteroatoms. The van der Waals surface area contributed by atoms with Crippen LogP contribution in [0, 0.1) is 0 Å². The molecular formula is C25H24N2O2. The van der Waals surface area contributed by atoms with Gasteiger partial charge in [-0.25, -0.2) is 0 Å². The average Bonchev–Trinajstić information content (AvgIpc) is 3.05. The number of nitrogens with zero attached hydrogens (tertiary/aromatic N) is 1. The van der Waals surface area contributed by atoms with Crippen LogP contribution in [0.1, 0.15) is 18.1 Å². The van der Waals surface area contributed by atoms with E-state index in [-0.39, 0.29) is 12.3 Å². The van der Waals surface area contributed by atoms with Crippen LogP contribution in [-0.2, 0) is 17.8 Å². The summed E-state index contributed by atoms with van der Waals surface area (Å²) in [7, 11) is 0. The van der Waals surface area contributed by atoms with Gasteiger partial charge in [0.05, 0.1) is 13.0 Å². The number of nitrogens with two attached hydrogens (primary N) is 1. The molecule has 3 aromatic carbocycles. The summed E-state index contributed by atoms with van der Waals surface area (Å²) in [6.45, 7) is 3.35. The van der Waals surface area contributed by atoms with E-state index in [2.05, 4.69) is 41.0 Å². The van der Waals surface area contributed by atoms with Crippen LogP contribution in [0.3, 0.4) is 0 Å². The number of rotatable bonds is 7. The van der Waals surface area contributed by atoms with Gasteiger partial charge in [-0.2, -0.15) is 0 Å². The van der Waals surface area contributed by atoms with Gasteiger partial charge in [0.15, 0.2) is 0 Å². The van der Waals surface area contributed by atoms with Gasteiger partial charge in [-0.3, -0.25) is 4.79 Å². The Morgan fingerprint density at radius 1 is 0.966 bits per heavy atom. The number of ether oxygens (including phenoxy) is 1. The molecule has 0 aliphatic rings. The lowest BCUT2D eigenvalue weighted by atomic mass is 10.0. The summed E-state index contributed by atoms with van der Waals surface area (Å²) >= 11 is 0. The molecule has 1 amide bonds. The molecule has 4 nitrogen and oxygen atoms in total. The zero-order valence-corrected chi connectivity index (χ0v) is 16.5. The molecule has 4 aromatic rings. The molecule has 29 heavy (non-hydrogen) atoms. The van der Waals surface area contributed by atoms with Crippen LogP contribution in [0.5, 0.6) is 5.75 Å². The minimum Gasteiger partial charge on any atom is -0.494 e. The maximum atomic E-state index is 11.6. The van der Waals surface area contributed by atoms with Crippen LogP contribution in [0.4, 0.5) is 0 Å². The number of benzene rings is 3. The molecule has 0 saturated carbocycles. The smallest absolute Gasteiger partial charge is 0.221 e. The van der Waals surface area contributed by atoms with E-state index in [0.29, 0.717) is 6.61 Å². The van der Waals surface area contributed by atoms with Crippen molar-refractivity contribution in [3.63, 3.8) is 0 Å². The van der Waals surface area contributed by atoms with E-state index in [4.69, 9.17) is 10.5 Å². The molecule has 4 rings (SSSR count). The van der Waals surface area contributed by atoms with Crippen molar-refractivity contribution in [3.8, 4) is 16.9 Å². The molecule has 0 atom stereocenters. The van der Waals surface area contributed by atoms with Gasteiger partial charge in [0, 0.05) is 23.6 Å². The Labute approximate surface area is 170 Å². The third kappa shape index (κ3) is 4.16. The summed E-state index contributed by atoms with van der Waals surface area (Å²) in [6, 6.07) is 24.7. The van der Waals surface area contributed by atoms with Gasteiger partial charge < -0.3 is 15.0 Å². The second-order valence-electron chi connectivity index (χ2n) is 7.10. The maximum Gasteiger partial charge on any atom is 0.221 e. The Morgan fingerprint density at radius 3 is 2.52 bits per heavy atom. The minimum absolute atomic E-state index is 0.223. The number of aromatic nitrogens is 1. The lowest BCUT2D eigenvalue weighted by molar-refractivity contribution is -0.117. The van der Waals surface area contributed by atoms with E-state index in [1.54, 1.807) is 0 Å². The highest BCUT2D eigenvalue weighted by atomic mass is 16.5. The second kappa shape index (κ2) is 8.23. The van der Waals surface area contributed by atoms with Gasteiger partial charge >= 0.3 is 0 Å². The molecule has 0 spiro atoms. The molecule has 0 aliphatic heterocycles. The summed E-state index contributed by atoms with van der Waals surface area (Å²) in [4.78, 5) is 11.6. The quantitative estimate of drug-likeness (QED) is 0.498. The Morgan fingerprint density at radius 2 is 1.76 bits per heavy atom. The lowest BCUT2D eigenvalue weighted by Crippen LogP contribution is -2.13. The Kier molecular flexibility index (Phi) is 5.34. The largest absolute Gasteiger partial charge is 0.494 e. The number of amides is 1. The van der Waals surface area contributed by atoms with E-state index in [0.717, 1.165) is 39.9 Å².